The molecule has 2 N–H and O–H groups in total. The summed E-state index contributed by atoms with van der Waals surface area (Å²) in [5.41, 5.74) is 1.31. The SMILES string of the molecule is Brc1ccc(CNCCCNC2CC2)c(Br)c1. The average Bonchev–Trinajstić information content (AvgIpc) is 3.09. The number of rotatable bonds is 7. The van der Waals surface area contributed by atoms with E-state index in [9.17, 15) is 0 Å². The lowest BCUT2D eigenvalue weighted by Gasteiger charge is -2.07. The first-order chi connectivity index (χ1) is 8.25. The first-order valence-corrected chi connectivity index (χ1v) is 7.72. The lowest BCUT2D eigenvalue weighted by Crippen LogP contribution is -2.23. The quantitative estimate of drug-likeness (QED) is 0.727. The van der Waals surface area contributed by atoms with Gasteiger partial charge in [0.1, 0.15) is 0 Å². The van der Waals surface area contributed by atoms with Gasteiger partial charge in [-0.3, -0.25) is 0 Å². The molecule has 0 radical (unpaired) electrons. The molecule has 1 saturated carbocycles. The standard InChI is InChI=1S/C13H18Br2N2/c14-11-3-2-10(13(15)8-11)9-16-6-1-7-17-12-4-5-12/h2-3,8,12,16-17H,1,4-7,9H2. The zero-order chi connectivity index (χ0) is 12.1. The van der Waals surface area contributed by atoms with Crippen LogP contribution >= 0.6 is 31.9 Å². The molecule has 0 aliphatic heterocycles. The Morgan fingerprint density at radius 2 is 2.00 bits per heavy atom. The summed E-state index contributed by atoms with van der Waals surface area (Å²) in [6, 6.07) is 7.14. The van der Waals surface area contributed by atoms with Crippen LogP contribution in [0.4, 0.5) is 0 Å². The first-order valence-electron chi connectivity index (χ1n) is 6.14. The minimum atomic E-state index is 0.829. The van der Waals surface area contributed by atoms with Crippen LogP contribution in [0.5, 0.6) is 0 Å². The van der Waals surface area contributed by atoms with Crippen LogP contribution in [0, 0.1) is 0 Å². The van der Waals surface area contributed by atoms with Gasteiger partial charge in [-0.2, -0.15) is 0 Å². The van der Waals surface area contributed by atoms with Gasteiger partial charge < -0.3 is 10.6 Å². The summed E-state index contributed by atoms with van der Waals surface area (Å²) in [6.45, 7) is 3.14. The fourth-order valence-electron chi connectivity index (χ4n) is 1.70. The molecule has 1 aromatic rings. The molecule has 17 heavy (non-hydrogen) atoms. The van der Waals surface area contributed by atoms with Gasteiger partial charge in [0.2, 0.25) is 0 Å². The van der Waals surface area contributed by atoms with Gasteiger partial charge in [-0.05, 0) is 50.0 Å². The number of nitrogens with one attached hydrogen (secondary N) is 2. The lowest BCUT2D eigenvalue weighted by atomic mass is 10.2. The normalized spacial score (nSPS) is 15.2. The Labute approximate surface area is 120 Å². The predicted octanol–water partition coefficient (Wildman–Crippen LogP) is 3.44. The fraction of sp³-hybridized carbons (Fsp3) is 0.538. The van der Waals surface area contributed by atoms with Crippen molar-refractivity contribution in [2.45, 2.75) is 31.8 Å². The van der Waals surface area contributed by atoms with Gasteiger partial charge in [-0.1, -0.05) is 37.9 Å². The largest absolute Gasteiger partial charge is 0.314 e. The summed E-state index contributed by atoms with van der Waals surface area (Å²) in [7, 11) is 0. The molecular formula is C13H18Br2N2. The van der Waals surface area contributed by atoms with Crippen molar-refractivity contribution in [3.05, 3.63) is 32.7 Å². The van der Waals surface area contributed by atoms with Crippen molar-refractivity contribution in [2.75, 3.05) is 13.1 Å². The van der Waals surface area contributed by atoms with Gasteiger partial charge >= 0.3 is 0 Å². The first kappa shape index (κ1) is 13.5. The van der Waals surface area contributed by atoms with E-state index < -0.39 is 0 Å². The van der Waals surface area contributed by atoms with E-state index in [4.69, 9.17) is 0 Å². The van der Waals surface area contributed by atoms with Gasteiger partial charge in [0.15, 0.2) is 0 Å². The fourth-order valence-corrected chi connectivity index (χ4v) is 2.88. The Morgan fingerprint density at radius 3 is 2.71 bits per heavy atom. The van der Waals surface area contributed by atoms with Crippen LogP contribution in [0.1, 0.15) is 24.8 Å². The molecule has 1 fully saturated rings. The van der Waals surface area contributed by atoms with Gasteiger partial charge in [0.05, 0.1) is 0 Å². The second kappa shape index (κ2) is 6.88. The van der Waals surface area contributed by atoms with Crippen LogP contribution in [0.15, 0.2) is 27.1 Å². The molecule has 1 aliphatic carbocycles. The predicted molar refractivity (Wildman–Crippen MR) is 79.2 cm³/mol. The Morgan fingerprint density at radius 1 is 1.18 bits per heavy atom. The van der Waals surface area contributed by atoms with Crippen molar-refractivity contribution in [3.63, 3.8) is 0 Å². The van der Waals surface area contributed by atoms with E-state index in [1.165, 1.54) is 24.8 Å². The molecule has 4 heteroatoms. The van der Waals surface area contributed by atoms with Gasteiger partial charge in [0, 0.05) is 21.5 Å². The van der Waals surface area contributed by atoms with E-state index in [2.05, 4.69) is 60.7 Å². The zero-order valence-electron chi connectivity index (χ0n) is 9.81. The Bertz CT molecular complexity index is 364. The highest BCUT2D eigenvalue weighted by atomic mass is 79.9. The molecule has 0 spiro atoms. The van der Waals surface area contributed by atoms with Crippen LogP contribution in [0.3, 0.4) is 0 Å². The number of hydrogen-bond donors (Lipinski definition) is 2. The van der Waals surface area contributed by atoms with E-state index in [1.807, 2.05) is 0 Å². The molecule has 0 aromatic heterocycles. The van der Waals surface area contributed by atoms with Crippen molar-refractivity contribution >= 4 is 31.9 Å². The van der Waals surface area contributed by atoms with Crippen molar-refractivity contribution in [3.8, 4) is 0 Å². The number of halogens is 2. The van der Waals surface area contributed by atoms with Crippen LogP contribution in [-0.4, -0.2) is 19.1 Å². The summed E-state index contributed by atoms with van der Waals surface area (Å²) in [6.07, 6.45) is 3.95. The highest BCUT2D eigenvalue weighted by molar-refractivity contribution is 9.11. The third kappa shape index (κ3) is 5.08. The topological polar surface area (TPSA) is 24.1 Å². The third-order valence-electron chi connectivity index (χ3n) is 2.87. The van der Waals surface area contributed by atoms with Gasteiger partial charge in [-0.15, -0.1) is 0 Å². The van der Waals surface area contributed by atoms with Crippen LogP contribution in [0.2, 0.25) is 0 Å². The average molecular weight is 362 g/mol. The molecule has 0 heterocycles. The molecule has 0 bridgehead atoms. The minimum absolute atomic E-state index is 0.829. The maximum atomic E-state index is 3.57. The smallest absolute Gasteiger partial charge is 0.0231 e. The van der Waals surface area contributed by atoms with Crippen molar-refractivity contribution < 1.29 is 0 Å². The Balaban J connectivity index is 1.60. The van der Waals surface area contributed by atoms with Gasteiger partial charge in [0.25, 0.3) is 0 Å². The van der Waals surface area contributed by atoms with Crippen molar-refractivity contribution in [2.24, 2.45) is 0 Å². The molecule has 0 saturated heterocycles. The monoisotopic (exact) mass is 360 g/mol. The third-order valence-corrected chi connectivity index (χ3v) is 4.10. The van der Waals surface area contributed by atoms with E-state index in [0.29, 0.717) is 0 Å². The second-order valence-corrected chi connectivity index (χ2v) is 6.26. The summed E-state index contributed by atoms with van der Waals surface area (Å²) >= 11 is 7.03. The molecule has 2 nitrogen and oxygen atoms in total. The number of hydrogen-bond acceptors (Lipinski definition) is 2. The molecule has 94 valence electrons. The van der Waals surface area contributed by atoms with E-state index in [-0.39, 0.29) is 0 Å². The molecule has 1 aliphatic rings. The lowest BCUT2D eigenvalue weighted by molar-refractivity contribution is 0.592. The molecule has 2 rings (SSSR count). The van der Waals surface area contributed by atoms with Crippen molar-refractivity contribution in [1.82, 2.24) is 10.6 Å². The molecule has 0 unspecified atom stereocenters. The number of benzene rings is 1. The molecule has 1 aromatic carbocycles. The molecular weight excluding hydrogens is 344 g/mol. The maximum absolute atomic E-state index is 3.57. The van der Waals surface area contributed by atoms with Crippen molar-refractivity contribution in [1.29, 1.82) is 0 Å². The van der Waals surface area contributed by atoms with E-state index in [0.717, 1.165) is 34.6 Å². The minimum Gasteiger partial charge on any atom is -0.314 e. The summed E-state index contributed by atoms with van der Waals surface area (Å²) < 4.78 is 2.28. The summed E-state index contributed by atoms with van der Waals surface area (Å²) in [4.78, 5) is 0. The van der Waals surface area contributed by atoms with Crippen LogP contribution in [0.25, 0.3) is 0 Å². The van der Waals surface area contributed by atoms with E-state index >= 15 is 0 Å². The Hall–Kier alpha value is 0.1000. The van der Waals surface area contributed by atoms with Gasteiger partial charge in [-0.25, -0.2) is 0 Å². The summed E-state index contributed by atoms with van der Waals surface area (Å²) in [5.74, 6) is 0. The highest BCUT2D eigenvalue weighted by Crippen LogP contribution is 2.21. The van der Waals surface area contributed by atoms with Crippen LogP contribution in [-0.2, 0) is 6.54 Å². The Kier molecular flexibility index (Phi) is 5.48. The highest BCUT2D eigenvalue weighted by Gasteiger charge is 2.19. The zero-order valence-corrected chi connectivity index (χ0v) is 13.0. The second-order valence-electron chi connectivity index (χ2n) is 4.49. The van der Waals surface area contributed by atoms with Crippen LogP contribution < -0.4 is 10.6 Å². The molecule has 0 atom stereocenters. The maximum Gasteiger partial charge on any atom is 0.0231 e. The summed E-state index contributed by atoms with van der Waals surface area (Å²) in [5, 5.41) is 6.99. The molecule has 0 amide bonds. The van der Waals surface area contributed by atoms with E-state index in [1.54, 1.807) is 0 Å².